The number of carboxylic acid groups (broad SMARTS) is 1. The Labute approximate surface area is 89.9 Å². The van der Waals surface area contributed by atoms with E-state index in [2.05, 4.69) is 5.32 Å². The second-order valence-electron chi connectivity index (χ2n) is 3.43. The number of hydrogen-bond donors (Lipinski definition) is 4. The highest BCUT2D eigenvalue weighted by atomic mass is 19.4. The molecule has 8 heteroatoms. The minimum absolute atomic E-state index is 0.0815. The summed E-state index contributed by atoms with van der Waals surface area (Å²) in [4.78, 5) is 8.90. The van der Waals surface area contributed by atoms with Crippen LogP contribution in [0.5, 0.6) is 0 Å². The first-order valence-corrected chi connectivity index (χ1v) is 4.55. The van der Waals surface area contributed by atoms with Crippen molar-refractivity contribution in [3.05, 3.63) is 0 Å². The van der Waals surface area contributed by atoms with E-state index in [-0.39, 0.29) is 6.61 Å². The molecule has 0 bridgehead atoms. The van der Waals surface area contributed by atoms with Crippen molar-refractivity contribution >= 4 is 5.97 Å². The van der Waals surface area contributed by atoms with E-state index in [1.807, 2.05) is 0 Å². The number of alkyl halides is 3. The molecule has 0 aliphatic carbocycles. The van der Waals surface area contributed by atoms with Crippen LogP contribution in [-0.2, 0) is 4.79 Å². The van der Waals surface area contributed by atoms with Gasteiger partial charge in [0.2, 0.25) is 0 Å². The molecular weight excluding hydrogens is 231 g/mol. The number of aliphatic hydroxyl groups is 2. The van der Waals surface area contributed by atoms with E-state index in [1.54, 1.807) is 0 Å². The van der Waals surface area contributed by atoms with Crippen molar-refractivity contribution < 1.29 is 33.3 Å². The maximum Gasteiger partial charge on any atom is 0.490 e. The van der Waals surface area contributed by atoms with Crippen LogP contribution in [-0.4, -0.2) is 52.8 Å². The molecule has 0 aromatic heterocycles. The molecule has 1 aliphatic rings. The Morgan fingerprint density at radius 1 is 1.44 bits per heavy atom. The summed E-state index contributed by atoms with van der Waals surface area (Å²) in [5, 5.41) is 28.1. The zero-order chi connectivity index (χ0) is 12.8. The smallest absolute Gasteiger partial charge is 0.475 e. The molecule has 4 N–H and O–H groups in total. The fourth-order valence-corrected chi connectivity index (χ4v) is 1.15. The number of aliphatic carboxylic acids is 1. The summed E-state index contributed by atoms with van der Waals surface area (Å²) in [6, 6.07) is 0. The number of aliphatic hydroxyl groups excluding tert-OH is 1. The van der Waals surface area contributed by atoms with Crippen molar-refractivity contribution in [1.82, 2.24) is 5.32 Å². The monoisotopic (exact) mass is 245 g/mol. The standard InChI is InChI=1S/C6H13NO2.C2HF3O2/c8-4-2-6(9)1-3-7-5-6;3-2(4,5)1(6)7/h7-9H,1-5H2;(H,6,7). The van der Waals surface area contributed by atoms with E-state index in [1.165, 1.54) is 0 Å². The molecule has 0 spiro atoms. The summed E-state index contributed by atoms with van der Waals surface area (Å²) in [5.74, 6) is -2.76. The van der Waals surface area contributed by atoms with E-state index >= 15 is 0 Å². The first kappa shape index (κ1) is 15.1. The minimum Gasteiger partial charge on any atom is -0.475 e. The average molecular weight is 245 g/mol. The van der Waals surface area contributed by atoms with Crippen molar-refractivity contribution in [3.63, 3.8) is 0 Å². The number of nitrogens with one attached hydrogen (secondary N) is 1. The summed E-state index contributed by atoms with van der Waals surface area (Å²) >= 11 is 0. The maximum atomic E-state index is 10.6. The van der Waals surface area contributed by atoms with Gasteiger partial charge in [0, 0.05) is 19.6 Å². The second kappa shape index (κ2) is 6.02. The van der Waals surface area contributed by atoms with Gasteiger partial charge in [0.25, 0.3) is 0 Å². The number of halogens is 3. The van der Waals surface area contributed by atoms with Crippen molar-refractivity contribution in [1.29, 1.82) is 0 Å². The van der Waals surface area contributed by atoms with E-state index in [0.717, 1.165) is 13.0 Å². The molecule has 1 atom stereocenters. The third kappa shape index (κ3) is 5.89. The van der Waals surface area contributed by atoms with Gasteiger partial charge in [-0.25, -0.2) is 4.79 Å². The number of hydrogen-bond acceptors (Lipinski definition) is 4. The first-order valence-electron chi connectivity index (χ1n) is 4.55. The highest BCUT2D eigenvalue weighted by Crippen LogP contribution is 2.17. The molecule has 0 aromatic carbocycles. The Balaban J connectivity index is 0.000000293. The highest BCUT2D eigenvalue weighted by molar-refractivity contribution is 5.73. The van der Waals surface area contributed by atoms with Gasteiger partial charge in [-0.15, -0.1) is 0 Å². The van der Waals surface area contributed by atoms with Crippen LogP contribution in [0.15, 0.2) is 0 Å². The van der Waals surface area contributed by atoms with Crippen LogP contribution in [0, 0.1) is 0 Å². The Bertz CT molecular complexity index is 226. The molecule has 1 unspecified atom stereocenters. The first-order chi connectivity index (χ1) is 7.21. The third-order valence-corrected chi connectivity index (χ3v) is 2.04. The lowest BCUT2D eigenvalue weighted by molar-refractivity contribution is -0.192. The predicted molar refractivity (Wildman–Crippen MR) is 47.8 cm³/mol. The highest BCUT2D eigenvalue weighted by Gasteiger charge is 2.38. The van der Waals surface area contributed by atoms with Gasteiger partial charge in [-0.2, -0.15) is 13.2 Å². The zero-order valence-electron chi connectivity index (χ0n) is 8.42. The normalized spacial score (nSPS) is 24.8. The van der Waals surface area contributed by atoms with Crippen molar-refractivity contribution in [2.75, 3.05) is 19.7 Å². The third-order valence-electron chi connectivity index (χ3n) is 2.04. The Hall–Kier alpha value is -0.860. The molecule has 0 aromatic rings. The van der Waals surface area contributed by atoms with E-state index in [0.29, 0.717) is 13.0 Å². The van der Waals surface area contributed by atoms with Crippen LogP contribution in [0.25, 0.3) is 0 Å². The summed E-state index contributed by atoms with van der Waals surface area (Å²) in [5.41, 5.74) is -0.616. The Kier molecular flexibility index (Phi) is 5.70. The Morgan fingerprint density at radius 2 is 1.94 bits per heavy atom. The lowest BCUT2D eigenvalue weighted by Gasteiger charge is -2.18. The van der Waals surface area contributed by atoms with Crippen LogP contribution in [0.3, 0.4) is 0 Å². The van der Waals surface area contributed by atoms with Gasteiger partial charge in [0.1, 0.15) is 0 Å². The zero-order valence-corrected chi connectivity index (χ0v) is 8.42. The van der Waals surface area contributed by atoms with Crippen LogP contribution in [0.2, 0.25) is 0 Å². The minimum atomic E-state index is -5.08. The van der Waals surface area contributed by atoms with Gasteiger partial charge in [0.05, 0.1) is 5.60 Å². The molecule has 1 rings (SSSR count). The predicted octanol–water partition coefficient (Wildman–Crippen LogP) is -0.274. The quantitative estimate of drug-likeness (QED) is 0.537. The van der Waals surface area contributed by atoms with E-state index in [4.69, 9.17) is 15.0 Å². The van der Waals surface area contributed by atoms with Gasteiger partial charge in [0.15, 0.2) is 0 Å². The van der Waals surface area contributed by atoms with Crippen LogP contribution in [0.4, 0.5) is 13.2 Å². The Morgan fingerprint density at radius 3 is 2.19 bits per heavy atom. The van der Waals surface area contributed by atoms with E-state index < -0.39 is 17.7 Å². The number of rotatable bonds is 2. The number of β-amino-alcohol motifs (C(OH)–C–C–N with tert-alkyl or cyclic N) is 1. The summed E-state index contributed by atoms with van der Waals surface area (Å²) < 4.78 is 31.7. The van der Waals surface area contributed by atoms with Gasteiger partial charge in [-0.1, -0.05) is 0 Å². The molecule has 16 heavy (non-hydrogen) atoms. The van der Waals surface area contributed by atoms with Gasteiger partial charge in [-0.05, 0) is 13.0 Å². The van der Waals surface area contributed by atoms with Crippen LogP contribution < -0.4 is 5.32 Å². The largest absolute Gasteiger partial charge is 0.490 e. The number of carboxylic acids is 1. The van der Waals surface area contributed by atoms with Crippen LogP contribution in [0.1, 0.15) is 12.8 Å². The van der Waals surface area contributed by atoms with E-state index in [9.17, 15) is 18.3 Å². The molecular formula is C8H14F3NO4. The van der Waals surface area contributed by atoms with Crippen LogP contribution >= 0.6 is 0 Å². The molecule has 1 saturated heterocycles. The number of carbonyl (C=O) groups is 1. The average Bonchev–Trinajstić information content (AvgIpc) is 2.52. The molecule has 0 amide bonds. The maximum absolute atomic E-state index is 10.6. The molecule has 0 saturated carbocycles. The second-order valence-corrected chi connectivity index (χ2v) is 3.43. The SMILES string of the molecule is O=C(O)C(F)(F)F.OCCC1(O)CCNC1. The topological polar surface area (TPSA) is 89.8 Å². The van der Waals surface area contributed by atoms with Crippen molar-refractivity contribution in [2.45, 2.75) is 24.6 Å². The van der Waals surface area contributed by atoms with Gasteiger partial charge < -0.3 is 20.6 Å². The molecule has 1 fully saturated rings. The fraction of sp³-hybridized carbons (Fsp3) is 0.875. The molecule has 0 radical (unpaired) electrons. The fourth-order valence-electron chi connectivity index (χ4n) is 1.15. The molecule has 1 aliphatic heterocycles. The lowest BCUT2D eigenvalue weighted by atomic mass is 10.00. The molecule has 5 nitrogen and oxygen atoms in total. The molecule has 96 valence electrons. The molecule has 1 heterocycles. The summed E-state index contributed by atoms with van der Waals surface area (Å²) in [7, 11) is 0. The van der Waals surface area contributed by atoms with Gasteiger partial charge >= 0.3 is 12.1 Å². The van der Waals surface area contributed by atoms with Gasteiger partial charge in [-0.3, -0.25) is 0 Å². The van der Waals surface area contributed by atoms with Crippen molar-refractivity contribution in [2.24, 2.45) is 0 Å². The van der Waals surface area contributed by atoms with Crippen molar-refractivity contribution in [3.8, 4) is 0 Å². The lowest BCUT2D eigenvalue weighted by Crippen LogP contribution is -2.32. The summed E-state index contributed by atoms with van der Waals surface area (Å²) in [6.45, 7) is 1.59. The summed E-state index contributed by atoms with van der Waals surface area (Å²) in [6.07, 6.45) is -3.81.